The second-order valence-corrected chi connectivity index (χ2v) is 7.71. The highest BCUT2D eigenvalue weighted by molar-refractivity contribution is 7.89. The summed E-state index contributed by atoms with van der Waals surface area (Å²) in [7, 11) is -3.80. The predicted molar refractivity (Wildman–Crippen MR) is 74.7 cm³/mol. The molecule has 2 heterocycles. The average molecular weight is 319 g/mol. The van der Waals surface area contributed by atoms with Gasteiger partial charge in [-0.15, -0.1) is 0 Å². The lowest BCUT2D eigenvalue weighted by Gasteiger charge is -2.23. The molecule has 0 spiro atoms. The quantitative estimate of drug-likeness (QED) is 0.907. The predicted octanol–water partition coefficient (Wildman–Crippen LogP) is 1.99. The summed E-state index contributed by atoms with van der Waals surface area (Å²) in [4.78, 5) is -0.292. The number of rotatable bonds is 2. The molecule has 0 aliphatic carbocycles. The fourth-order valence-electron chi connectivity index (χ4n) is 2.95. The zero-order valence-corrected chi connectivity index (χ0v) is 12.4. The van der Waals surface area contributed by atoms with E-state index in [1.165, 1.54) is 16.4 Å². The largest absolute Gasteiger partial charge is 0.310 e. The summed E-state index contributed by atoms with van der Waals surface area (Å²) in [5, 5.41) is 3.60. The van der Waals surface area contributed by atoms with E-state index in [1.54, 1.807) is 0 Å². The van der Waals surface area contributed by atoms with E-state index < -0.39 is 15.8 Å². The molecule has 1 aromatic carbocycles. The average Bonchev–Trinajstić information content (AvgIpc) is 2.67. The second-order valence-electron chi connectivity index (χ2n) is 5.36. The molecule has 2 fully saturated rings. The van der Waals surface area contributed by atoms with Crippen LogP contribution >= 0.6 is 11.6 Å². The van der Waals surface area contributed by atoms with Gasteiger partial charge in [-0.3, -0.25) is 0 Å². The number of fused-ring (bicyclic) bond motifs is 2. The highest BCUT2D eigenvalue weighted by Crippen LogP contribution is 2.27. The standard InChI is InChI=1S/C13H16ClFN2O2S/c14-9-1-4-13(12(15)7-9)20(18,19)17-6-5-10-2-3-11(8-17)16-10/h1,4,7,10-11,16H,2-3,5-6,8H2. The van der Waals surface area contributed by atoms with Gasteiger partial charge in [-0.1, -0.05) is 11.6 Å². The molecule has 4 nitrogen and oxygen atoms in total. The molecule has 2 aliphatic heterocycles. The Balaban J connectivity index is 1.91. The molecule has 2 saturated heterocycles. The van der Waals surface area contributed by atoms with Crippen molar-refractivity contribution in [2.75, 3.05) is 13.1 Å². The molecule has 2 bridgehead atoms. The Bertz CT molecular complexity index is 623. The summed E-state index contributed by atoms with van der Waals surface area (Å²) >= 11 is 5.67. The van der Waals surface area contributed by atoms with Gasteiger partial charge in [0, 0.05) is 30.2 Å². The van der Waals surface area contributed by atoms with E-state index in [-0.39, 0.29) is 16.0 Å². The first-order valence-electron chi connectivity index (χ1n) is 6.68. The molecule has 0 radical (unpaired) electrons. The Kier molecular flexibility index (Phi) is 3.75. The Hall–Kier alpha value is -0.690. The van der Waals surface area contributed by atoms with Gasteiger partial charge in [0.2, 0.25) is 10.0 Å². The number of hydrogen-bond donors (Lipinski definition) is 1. The van der Waals surface area contributed by atoms with Gasteiger partial charge in [-0.2, -0.15) is 4.31 Å². The molecule has 110 valence electrons. The van der Waals surface area contributed by atoms with E-state index in [4.69, 9.17) is 11.6 Å². The fourth-order valence-corrected chi connectivity index (χ4v) is 4.66. The molecule has 3 rings (SSSR count). The van der Waals surface area contributed by atoms with Crippen molar-refractivity contribution >= 4 is 21.6 Å². The first-order valence-corrected chi connectivity index (χ1v) is 8.50. The van der Waals surface area contributed by atoms with Crippen LogP contribution in [0.1, 0.15) is 19.3 Å². The molecule has 1 N–H and O–H groups in total. The lowest BCUT2D eigenvalue weighted by Crippen LogP contribution is -2.39. The highest BCUT2D eigenvalue weighted by Gasteiger charge is 2.35. The zero-order chi connectivity index (χ0) is 14.3. The van der Waals surface area contributed by atoms with Crippen LogP contribution in [0.5, 0.6) is 0 Å². The number of nitrogens with zero attached hydrogens (tertiary/aromatic N) is 1. The smallest absolute Gasteiger partial charge is 0.246 e. The zero-order valence-electron chi connectivity index (χ0n) is 10.9. The second kappa shape index (κ2) is 5.26. The van der Waals surface area contributed by atoms with Gasteiger partial charge in [0.25, 0.3) is 0 Å². The molecule has 20 heavy (non-hydrogen) atoms. The minimum absolute atomic E-state index is 0.174. The van der Waals surface area contributed by atoms with Crippen molar-refractivity contribution in [2.24, 2.45) is 0 Å². The maximum absolute atomic E-state index is 13.9. The van der Waals surface area contributed by atoms with Crippen molar-refractivity contribution in [1.29, 1.82) is 0 Å². The monoisotopic (exact) mass is 318 g/mol. The Labute approximate surface area is 123 Å². The number of halogens is 2. The van der Waals surface area contributed by atoms with Crippen LogP contribution in [0.4, 0.5) is 4.39 Å². The molecule has 0 saturated carbocycles. The van der Waals surface area contributed by atoms with E-state index in [2.05, 4.69) is 5.32 Å². The minimum Gasteiger partial charge on any atom is -0.310 e. The topological polar surface area (TPSA) is 49.4 Å². The Morgan fingerprint density at radius 1 is 1.25 bits per heavy atom. The van der Waals surface area contributed by atoms with Crippen molar-refractivity contribution in [1.82, 2.24) is 9.62 Å². The maximum Gasteiger partial charge on any atom is 0.246 e. The minimum atomic E-state index is -3.80. The molecule has 7 heteroatoms. The van der Waals surface area contributed by atoms with Crippen LogP contribution in [0.2, 0.25) is 5.02 Å². The molecule has 2 aliphatic rings. The van der Waals surface area contributed by atoms with Crippen molar-refractivity contribution in [3.63, 3.8) is 0 Å². The third-order valence-corrected chi connectivity index (χ3v) is 6.13. The van der Waals surface area contributed by atoms with Gasteiger partial charge < -0.3 is 5.32 Å². The van der Waals surface area contributed by atoms with Crippen LogP contribution in [0.3, 0.4) is 0 Å². The third kappa shape index (κ3) is 2.57. The number of sulfonamides is 1. The number of nitrogens with one attached hydrogen (secondary N) is 1. The van der Waals surface area contributed by atoms with E-state index >= 15 is 0 Å². The summed E-state index contributed by atoms with van der Waals surface area (Å²) in [5.41, 5.74) is 0. The van der Waals surface area contributed by atoms with E-state index in [9.17, 15) is 12.8 Å². The van der Waals surface area contributed by atoms with Gasteiger partial charge in [0.15, 0.2) is 0 Å². The molecule has 0 amide bonds. The number of benzene rings is 1. The Morgan fingerprint density at radius 2 is 2.00 bits per heavy atom. The van der Waals surface area contributed by atoms with Crippen molar-refractivity contribution in [3.05, 3.63) is 29.0 Å². The lowest BCUT2D eigenvalue weighted by atomic mass is 10.1. The summed E-state index contributed by atoms with van der Waals surface area (Å²) in [6, 6.07) is 4.24. The van der Waals surface area contributed by atoms with Crippen molar-refractivity contribution in [3.8, 4) is 0 Å². The van der Waals surface area contributed by atoms with Crippen LogP contribution in [0.25, 0.3) is 0 Å². The SMILES string of the molecule is O=S(=O)(c1ccc(Cl)cc1F)N1CCC2CCC(C1)N2. The maximum atomic E-state index is 13.9. The van der Waals surface area contributed by atoms with Crippen LogP contribution < -0.4 is 5.32 Å². The van der Waals surface area contributed by atoms with Gasteiger partial charge in [0.1, 0.15) is 10.7 Å². The molecule has 1 aromatic rings. The van der Waals surface area contributed by atoms with Gasteiger partial charge in [-0.25, -0.2) is 12.8 Å². The first-order chi connectivity index (χ1) is 9.46. The molecule has 2 atom stereocenters. The highest BCUT2D eigenvalue weighted by atomic mass is 35.5. The molecular formula is C13H16ClFN2O2S. The molecule has 2 unspecified atom stereocenters. The molecular weight excluding hydrogens is 303 g/mol. The summed E-state index contributed by atoms with van der Waals surface area (Å²) < 4.78 is 40.4. The van der Waals surface area contributed by atoms with E-state index in [1.807, 2.05) is 0 Å². The third-order valence-electron chi connectivity index (χ3n) is 4.00. The normalized spacial score (nSPS) is 27.5. The summed E-state index contributed by atoms with van der Waals surface area (Å²) in [6.07, 6.45) is 2.83. The summed E-state index contributed by atoms with van der Waals surface area (Å²) in [5.74, 6) is -0.792. The van der Waals surface area contributed by atoms with Crippen molar-refractivity contribution < 1.29 is 12.8 Å². The van der Waals surface area contributed by atoms with Crippen LogP contribution in [-0.4, -0.2) is 37.9 Å². The lowest BCUT2D eigenvalue weighted by molar-refractivity contribution is 0.381. The first kappa shape index (κ1) is 14.3. The van der Waals surface area contributed by atoms with Crippen LogP contribution in [-0.2, 0) is 10.0 Å². The number of hydrogen-bond acceptors (Lipinski definition) is 3. The Morgan fingerprint density at radius 3 is 2.75 bits per heavy atom. The summed E-state index contributed by atoms with van der Waals surface area (Å²) in [6.45, 7) is 0.833. The fraction of sp³-hybridized carbons (Fsp3) is 0.538. The van der Waals surface area contributed by atoms with Crippen LogP contribution in [0, 0.1) is 5.82 Å². The van der Waals surface area contributed by atoms with Gasteiger partial charge in [0.05, 0.1) is 0 Å². The van der Waals surface area contributed by atoms with Gasteiger partial charge >= 0.3 is 0 Å². The van der Waals surface area contributed by atoms with Gasteiger partial charge in [-0.05, 0) is 37.5 Å². The molecule has 0 aromatic heterocycles. The van der Waals surface area contributed by atoms with Crippen LogP contribution in [0.15, 0.2) is 23.1 Å². The van der Waals surface area contributed by atoms with E-state index in [0.717, 1.165) is 25.3 Å². The van der Waals surface area contributed by atoms with E-state index in [0.29, 0.717) is 19.1 Å². The van der Waals surface area contributed by atoms with Crippen molar-refractivity contribution in [2.45, 2.75) is 36.2 Å².